The van der Waals surface area contributed by atoms with Crippen molar-refractivity contribution in [1.82, 2.24) is 15.1 Å². The second kappa shape index (κ2) is 11.7. The van der Waals surface area contributed by atoms with E-state index < -0.39 is 6.04 Å². The Morgan fingerprint density at radius 1 is 0.946 bits per heavy atom. The van der Waals surface area contributed by atoms with Crippen molar-refractivity contribution >= 4 is 11.8 Å². The Labute approximate surface area is 219 Å². The quantitative estimate of drug-likeness (QED) is 0.544. The second-order valence-electron chi connectivity index (χ2n) is 11.1. The average Bonchev–Trinajstić information content (AvgIpc) is 3.67. The maximum atomic E-state index is 13.6. The van der Waals surface area contributed by atoms with Gasteiger partial charge >= 0.3 is 0 Å². The molecule has 2 amide bonds. The first-order valence-corrected chi connectivity index (χ1v) is 13.8. The van der Waals surface area contributed by atoms with E-state index in [1.165, 1.54) is 17.7 Å². The van der Waals surface area contributed by atoms with Gasteiger partial charge < -0.3 is 16.0 Å². The van der Waals surface area contributed by atoms with Crippen LogP contribution in [0.5, 0.6) is 0 Å². The molecule has 2 aliphatic carbocycles. The minimum absolute atomic E-state index is 0.0261. The minimum atomic E-state index is -0.443. The van der Waals surface area contributed by atoms with Crippen molar-refractivity contribution < 1.29 is 14.0 Å². The molecule has 0 radical (unpaired) electrons. The van der Waals surface area contributed by atoms with Gasteiger partial charge in [-0.25, -0.2) is 4.39 Å². The van der Waals surface area contributed by atoms with Crippen LogP contribution in [0.2, 0.25) is 0 Å². The van der Waals surface area contributed by atoms with E-state index in [1.54, 1.807) is 0 Å². The van der Waals surface area contributed by atoms with E-state index in [2.05, 4.69) is 22.3 Å². The fourth-order valence-electron chi connectivity index (χ4n) is 5.83. The SMILES string of the molecule is NC1CCC(NC(=O)C2CC(N(CCc3ccccc3)Cc3ccc(F)cc3)CN2C(=O)C2CC2)CC1. The number of nitrogens with zero attached hydrogens (tertiary/aromatic N) is 2. The summed E-state index contributed by atoms with van der Waals surface area (Å²) in [7, 11) is 0. The number of likely N-dealkylation sites (tertiary alicyclic amines) is 1. The van der Waals surface area contributed by atoms with Crippen LogP contribution in [0.3, 0.4) is 0 Å². The number of halogens is 1. The van der Waals surface area contributed by atoms with Crippen molar-refractivity contribution in [2.45, 2.75) is 82.1 Å². The largest absolute Gasteiger partial charge is 0.352 e. The van der Waals surface area contributed by atoms with Crippen LogP contribution in [-0.2, 0) is 22.6 Å². The summed E-state index contributed by atoms with van der Waals surface area (Å²) in [5.74, 6) is -0.0847. The number of carbonyl (C=O) groups is 2. The van der Waals surface area contributed by atoms with Crippen LogP contribution in [0.15, 0.2) is 54.6 Å². The van der Waals surface area contributed by atoms with Crippen molar-refractivity contribution in [3.05, 3.63) is 71.5 Å². The molecular formula is C30H39FN4O2. The predicted octanol–water partition coefficient (Wildman–Crippen LogP) is 3.64. The summed E-state index contributed by atoms with van der Waals surface area (Å²) in [6.45, 7) is 2.00. The van der Waals surface area contributed by atoms with E-state index in [0.717, 1.165) is 57.1 Å². The highest BCUT2D eigenvalue weighted by Gasteiger charge is 2.46. The summed E-state index contributed by atoms with van der Waals surface area (Å²) in [5, 5.41) is 3.25. The number of hydrogen-bond donors (Lipinski definition) is 2. The Morgan fingerprint density at radius 3 is 2.32 bits per heavy atom. The summed E-state index contributed by atoms with van der Waals surface area (Å²) >= 11 is 0. The van der Waals surface area contributed by atoms with Gasteiger partial charge in [0, 0.05) is 43.7 Å². The predicted molar refractivity (Wildman–Crippen MR) is 142 cm³/mol. The van der Waals surface area contributed by atoms with E-state index in [4.69, 9.17) is 5.73 Å². The third-order valence-corrected chi connectivity index (χ3v) is 8.26. The van der Waals surface area contributed by atoms with Crippen LogP contribution < -0.4 is 11.1 Å². The smallest absolute Gasteiger partial charge is 0.243 e. The van der Waals surface area contributed by atoms with E-state index in [1.807, 2.05) is 35.2 Å². The monoisotopic (exact) mass is 506 g/mol. The lowest BCUT2D eigenvalue weighted by molar-refractivity contribution is -0.139. The summed E-state index contributed by atoms with van der Waals surface area (Å²) in [6.07, 6.45) is 6.97. The molecule has 2 unspecified atom stereocenters. The van der Waals surface area contributed by atoms with Gasteiger partial charge in [-0.1, -0.05) is 42.5 Å². The molecule has 6 nitrogen and oxygen atoms in total. The van der Waals surface area contributed by atoms with Gasteiger partial charge in [-0.2, -0.15) is 0 Å². The van der Waals surface area contributed by atoms with Gasteiger partial charge in [-0.15, -0.1) is 0 Å². The zero-order valence-electron chi connectivity index (χ0n) is 21.5. The van der Waals surface area contributed by atoms with E-state index in [-0.39, 0.29) is 41.7 Å². The zero-order valence-corrected chi connectivity index (χ0v) is 21.5. The zero-order chi connectivity index (χ0) is 25.8. The fourth-order valence-corrected chi connectivity index (χ4v) is 5.83. The standard InChI is InChI=1S/C30H39FN4O2/c31-24-10-6-22(7-11-24)19-34(17-16-21-4-2-1-3-5-21)27-18-28(35(20-27)30(37)23-8-9-23)29(36)33-26-14-12-25(32)13-15-26/h1-7,10-11,23,25-28H,8-9,12-20,32H2,(H,33,36). The van der Waals surface area contributed by atoms with Crippen LogP contribution in [0, 0.1) is 11.7 Å². The summed E-state index contributed by atoms with van der Waals surface area (Å²) in [6, 6.07) is 17.0. The highest BCUT2D eigenvalue weighted by atomic mass is 19.1. The molecule has 0 spiro atoms. The Morgan fingerprint density at radius 2 is 1.65 bits per heavy atom. The maximum Gasteiger partial charge on any atom is 0.243 e. The van der Waals surface area contributed by atoms with E-state index >= 15 is 0 Å². The normalized spacial score (nSPS) is 25.9. The fraction of sp³-hybridized carbons (Fsp3) is 0.533. The third-order valence-electron chi connectivity index (χ3n) is 8.26. The lowest BCUT2D eigenvalue weighted by Crippen LogP contribution is -2.50. The first kappa shape index (κ1) is 25.9. The van der Waals surface area contributed by atoms with Crippen LogP contribution in [-0.4, -0.2) is 58.9 Å². The van der Waals surface area contributed by atoms with E-state index in [0.29, 0.717) is 19.5 Å². The lowest BCUT2D eigenvalue weighted by atomic mass is 9.91. The van der Waals surface area contributed by atoms with E-state index in [9.17, 15) is 14.0 Å². The number of carbonyl (C=O) groups excluding carboxylic acids is 2. The Kier molecular flexibility index (Phi) is 8.20. The first-order chi connectivity index (χ1) is 18.0. The maximum absolute atomic E-state index is 13.6. The second-order valence-corrected chi connectivity index (χ2v) is 11.1. The Hall–Kier alpha value is -2.77. The van der Waals surface area contributed by atoms with Crippen molar-refractivity contribution in [1.29, 1.82) is 0 Å². The molecule has 3 fully saturated rings. The number of hydrogen-bond acceptors (Lipinski definition) is 4. The highest BCUT2D eigenvalue weighted by molar-refractivity contribution is 5.90. The molecule has 0 bridgehead atoms. The van der Waals surface area contributed by atoms with Crippen molar-refractivity contribution in [2.75, 3.05) is 13.1 Å². The molecule has 2 atom stereocenters. The number of rotatable bonds is 9. The molecule has 2 saturated carbocycles. The summed E-state index contributed by atoms with van der Waals surface area (Å²) < 4.78 is 13.6. The van der Waals surface area contributed by atoms with Crippen molar-refractivity contribution in [2.24, 2.45) is 11.7 Å². The van der Waals surface area contributed by atoms with Gasteiger partial charge in [0.25, 0.3) is 0 Å². The van der Waals surface area contributed by atoms with Gasteiger partial charge in [0.05, 0.1) is 0 Å². The number of benzene rings is 2. The average molecular weight is 507 g/mol. The molecule has 3 N–H and O–H groups in total. The summed E-state index contributed by atoms with van der Waals surface area (Å²) in [4.78, 5) is 31.0. The molecule has 198 valence electrons. The molecule has 1 saturated heterocycles. The number of amides is 2. The molecule has 3 aliphatic rings. The number of nitrogens with two attached hydrogens (primary N) is 1. The molecule has 5 rings (SSSR count). The van der Waals surface area contributed by atoms with Crippen LogP contribution in [0.1, 0.15) is 56.1 Å². The van der Waals surface area contributed by atoms with Crippen LogP contribution in [0.25, 0.3) is 0 Å². The third kappa shape index (κ3) is 6.76. The highest BCUT2D eigenvalue weighted by Crippen LogP contribution is 2.35. The van der Waals surface area contributed by atoms with Crippen LogP contribution in [0.4, 0.5) is 4.39 Å². The Bertz CT molecular complexity index is 1050. The van der Waals surface area contributed by atoms with Gasteiger partial charge in [0.2, 0.25) is 11.8 Å². The topological polar surface area (TPSA) is 78.7 Å². The molecule has 1 heterocycles. The molecule has 2 aromatic rings. The molecular weight excluding hydrogens is 467 g/mol. The summed E-state index contributed by atoms with van der Waals surface area (Å²) in [5.41, 5.74) is 8.33. The molecule has 37 heavy (non-hydrogen) atoms. The molecule has 2 aromatic carbocycles. The molecule has 1 aliphatic heterocycles. The molecule has 0 aromatic heterocycles. The van der Waals surface area contributed by atoms with Gasteiger partial charge in [-0.3, -0.25) is 14.5 Å². The minimum Gasteiger partial charge on any atom is -0.352 e. The lowest BCUT2D eigenvalue weighted by Gasteiger charge is -2.30. The molecule has 7 heteroatoms. The Balaban J connectivity index is 1.32. The van der Waals surface area contributed by atoms with Gasteiger partial charge in [0.15, 0.2) is 0 Å². The first-order valence-electron chi connectivity index (χ1n) is 13.8. The van der Waals surface area contributed by atoms with Gasteiger partial charge in [0.1, 0.15) is 11.9 Å². The number of nitrogens with one attached hydrogen (secondary N) is 1. The van der Waals surface area contributed by atoms with Gasteiger partial charge in [-0.05, 0) is 74.6 Å². The van der Waals surface area contributed by atoms with Crippen molar-refractivity contribution in [3.63, 3.8) is 0 Å². The van der Waals surface area contributed by atoms with Crippen LogP contribution >= 0.6 is 0 Å². The van der Waals surface area contributed by atoms with Crippen molar-refractivity contribution in [3.8, 4) is 0 Å².